The second-order valence-electron chi connectivity index (χ2n) is 6.51. The van der Waals surface area contributed by atoms with Crippen molar-refractivity contribution < 1.29 is 4.84 Å². The number of halogens is 1. The predicted octanol–water partition coefficient (Wildman–Crippen LogP) is 3.58. The summed E-state index contributed by atoms with van der Waals surface area (Å²) < 4.78 is 0. The van der Waals surface area contributed by atoms with Crippen LogP contribution in [0.1, 0.15) is 38.8 Å². The summed E-state index contributed by atoms with van der Waals surface area (Å²) >= 11 is 7.08. The molecule has 0 amide bonds. The maximum atomic E-state index is 9.36. The van der Waals surface area contributed by atoms with Crippen molar-refractivity contribution in [1.82, 2.24) is 5.48 Å². The molecule has 1 saturated carbocycles. The molecule has 0 unspecified atom stereocenters. The first-order valence-electron chi connectivity index (χ1n) is 6.72. The molecule has 1 aromatic rings. The van der Waals surface area contributed by atoms with Gasteiger partial charge in [0.2, 0.25) is 0 Å². The van der Waals surface area contributed by atoms with Crippen LogP contribution in [0.15, 0.2) is 24.3 Å². The van der Waals surface area contributed by atoms with Gasteiger partial charge in [-0.25, -0.2) is 0 Å². The Balaban J connectivity index is 2.58. The summed E-state index contributed by atoms with van der Waals surface area (Å²) in [6.07, 6.45) is 0. The Morgan fingerprint density at radius 1 is 1.20 bits per heavy atom. The molecule has 4 heteroatoms. The molecule has 0 bridgehead atoms. The van der Waals surface area contributed by atoms with Crippen LogP contribution in [-0.4, -0.2) is 13.2 Å². The van der Waals surface area contributed by atoms with E-state index in [1.807, 2.05) is 24.3 Å². The third-order valence-electron chi connectivity index (χ3n) is 4.87. The summed E-state index contributed by atoms with van der Waals surface area (Å²) in [5.74, 6) is 0. The topological polar surface area (TPSA) is 45.0 Å². The number of benzene rings is 1. The van der Waals surface area contributed by atoms with E-state index in [0.29, 0.717) is 5.56 Å². The molecule has 1 fully saturated rings. The van der Waals surface area contributed by atoms with Gasteiger partial charge in [-0.2, -0.15) is 10.7 Å². The molecule has 0 heterocycles. The molecule has 20 heavy (non-hydrogen) atoms. The Labute approximate surface area is 125 Å². The summed E-state index contributed by atoms with van der Waals surface area (Å²) in [6, 6.07) is 9.94. The Bertz CT molecular complexity index is 544. The van der Waals surface area contributed by atoms with Crippen LogP contribution in [-0.2, 0) is 9.71 Å². The van der Waals surface area contributed by atoms with Crippen molar-refractivity contribution in [2.24, 2.45) is 10.8 Å². The van der Waals surface area contributed by atoms with Crippen LogP contribution >= 0.6 is 11.6 Å². The highest BCUT2D eigenvalue weighted by molar-refractivity contribution is 6.26. The number of nitrogens with one attached hydrogen (secondary N) is 1. The van der Waals surface area contributed by atoms with Gasteiger partial charge in [-0.05, 0) is 11.6 Å². The van der Waals surface area contributed by atoms with E-state index in [9.17, 15) is 5.26 Å². The molecule has 0 aromatic heterocycles. The lowest BCUT2D eigenvalue weighted by Gasteiger charge is -2.69. The number of rotatable bonds is 3. The van der Waals surface area contributed by atoms with Gasteiger partial charge in [0.15, 0.2) is 0 Å². The monoisotopic (exact) mass is 292 g/mol. The van der Waals surface area contributed by atoms with Gasteiger partial charge in [-0.3, -0.25) is 0 Å². The molecule has 0 radical (unpaired) electrons. The fourth-order valence-corrected chi connectivity index (χ4v) is 4.42. The highest BCUT2D eigenvalue weighted by Crippen LogP contribution is 2.70. The zero-order chi connectivity index (χ0) is 15.2. The first-order valence-corrected chi connectivity index (χ1v) is 7.10. The number of hydrogen-bond donors (Lipinski definition) is 1. The summed E-state index contributed by atoms with van der Waals surface area (Å²) in [5.41, 5.74) is 4.09. The van der Waals surface area contributed by atoms with Gasteiger partial charge >= 0.3 is 0 Å². The van der Waals surface area contributed by atoms with Crippen molar-refractivity contribution in [3.05, 3.63) is 35.4 Å². The van der Waals surface area contributed by atoms with E-state index in [2.05, 4.69) is 39.2 Å². The van der Waals surface area contributed by atoms with E-state index < -0.39 is 4.87 Å². The van der Waals surface area contributed by atoms with E-state index in [1.165, 1.54) is 0 Å². The van der Waals surface area contributed by atoms with Crippen molar-refractivity contribution in [3.63, 3.8) is 0 Å². The van der Waals surface area contributed by atoms with Crippen LogP contribution in [0.25, 0.3) is 0 Å². The van der Waals surface area contributed by atoms with Gasteiger partial charge in [-0.15, -0.1) is 11.6 Å². The molecule has 3 nitrogen and oxygen atoms in total. The van der Waals surface area contributed by atoms with Crippen LogP contribution in [0.3, 0.4) is 0 Å². The van der Waals surface area contributed by atoms with Crippen LogP contribution in [0.4, 0.5) is 0 Å². The number of nitrogens with zero attached hydrogens (tertiary/aromatic N) is 1. The van der Waals surface area contributed by atoms with E-state index >= 15 is 0 Å². The highest BCUT2D eigenvalue weighted by Gasteiger charge is 2.72. The fourth-order valence-electron chi connectivity index (χ4n) is 4.04. The predicted molar refractivity (Wildman–Crippen MR) is 80.2 cm³/mol. The van der Waals surface area contributed by atoms with Crippen molar-refractivity contribution >= 4 is 11.6 Å². The summed E-state index contributed by atoms with van der Waals surface area (Å²) in [6.45, 7) is 8.43. The first kappa shape index (κ1) is 15.3. The lowest BCUT2D eigenvalue weighted by Crippen LogP contribution is -2.75. The third kappa shape index (κ3) is 1.65. The quantitative estimate of drug-likeness (QED) is 0.684. The minimum absolute atomic E-state index is 0.101. The normalized spacial score (nSPS) is 30.4. The molecule has 2 rings (SSSR count). The van der Waals surface area contributed by atoms with Crippen LogP contribution in [0.5, 0.6) is 0 Å². The molecular weight excluding hydrogens is 272 g/mol. The number of nitriles is 1. The number of alkyl halides is 1. The lowest BCUT2D eigenvalue weighted by atomic mass is 9.42. The Morgan fingerprint density at radius 2 is 1.75 bits per heavy atom. The average Bonchev–Trinajstić information content (AvgIpc) is 2.42. The third-order valence-corrected chi connectivity index (χ3v) is 6.05. The van der Waals surface area contributed by atoms with Crippen molar-refractivity contribution in [2.45, 2.75) is 38.6 Å². The maximum absolute atomic E-state index is 9.36. The van der Waals surface area contributed by atoms with E-state index in [0.717, 1.165) is 5.56 Å². The van der Waals surface area contributed by atoms with Crippen molar-refractivity contribution in [2.75, 3.05) is 7.11 Å². The molecule has 1 aliphatic rings. The second-order valence-corrected chi connectivity index (χ2v) is 7.08. The van der Waals surface area contributed by atoms with Crippen molar-refractivity contribution in [3.8, 4) is 6.07 Å². The molecule has 1 N–H and O–H groups in total. The zero-order valence-electron chi connectivity index (χ0n) is 12.6. The largest absolute Gasteiger partial charge is 0.305 e. The summed E-state index contributed by atoms with van der Waals surface area (Å²) in [4.78, 5) is 4.51. The van der Waals surface area contributed by atoms with E-state index in [-0.39, 0.29) is 16.9 Å². The van der Waals surface area contributed by atoms with Gasteiger partial charge in [0.1, 0.15) is 0 Å². The van der Waals surface area contributed by atoms with Crippen molar-refractivity contribution in [1.29, 1.82) is 5.26 Å². The minimum Gasteiger partial charge on any atom is -0.305 e. The molecular formula is C16H21ClN2O. The molecule has 108 valence electrons. The number of hydroxylamine groups is 1. The van der Waals surface area contributed by atoms with Gasteiger partial charge in [-0.1, -0.05) is 45.9 Å². The first-order chi connectivity index (χ1) is 9.25. The Hall–Kier alpha value is -1.08. The number of hydrogen-bond acceptors (Lipinski definition) is 3. The standard InChI is InChI=1S/C16H21ClN2O/c1-14(2)13(19-20-5)15(3,4)16(14,17)12-9-7-6-8-11(12)10-18/h6-9,13,19H,1-5H3. The Kier molecular flexibility index (Phi) is 3.62. The summed E-state index contributed by atoms with van der Waals surface area (Å²) in [5, 5.41) is 9.36. The zero-order valence-corrected chi connectivity index (χ0v) is 13.4. The van der Waals surface area contributed by atoms with Crippen LogP contribution < -0.4 is 5.48 Å². The molecule has 1 aromatic carbocycles. The molecule has 0 spiro atoms. The van der Waals surface area contributed by atoms with Gasteiger partial charge in [0.05, 0.1) is 23.6 Å². The molecule has 0 aliphatic heterocycles. The van der Waals surface area contributed by atoms with Gasteiger partial charge in [0, 0.05) is 16.9 Å². The minimum atomic E-state index is -0.622. The fraction of sp³-hybridized carbons (Fsp3) is 0.562. The second kappa shape index (κ2) is 4.73. The van der Waals surface area contributed by atoms with E-state index in [1.54, 1.807) is 7.11 Å². The average molecular weight is 293 g/mol. The van der Waals surface area contributed by atoms with Gasteiger partial charge in [0.25, 0.3) is 0 Å². The SMILES string of the molecule is CONC1C(C)(C)C(Cl)(c2ccccc2C#N)C1(C)C. The smallest absolute Gasteiger partial charge is 0.0995 e. The van der Waals surface area contributed by atoms with Gasteiger partial charge < -0.3 is 4.84 Å². The maximum Gasteiger partial charge on any atom is 0.0995 e. The lowest BCUT2D eigenvalue weighted by molar-refractivity contribution is -0.161. The van der Waals surface area contributed by atoms with E-state index in [4.69, 9.17) is 16.4 Å². The molecule has 0 atom stereocenters. The van der Waals surface area contributed by atoms with Crippen LogP contribution in [0.2, 0.25) is 0 Å². The molecule has 1 aliphatic carbocycles. The Morgan fingerprint density at radius 3 is 2.25 bits per heavy atom. The highest BCUT2D eigenvalue weighted by atomic mass is 35.5. The molecule has 0 saturated heterocycles. The summed E-state index contributed by atoms with van der Waals surface area (Å²) in [7, 11) is 1.61. The van der Waals surface area contributed by atoms with Crippen LogP contribution in [0, 0.1) is 22.2 Å².